The molecule has 0 aromatic heterocycles. The van der Waals surface area contributed by atoms with E-state index >= 15 is 0 Å². The van der Waals surface area contributed by atoms with E-state index in [1.165, 1.54) is 25.7 Å². The zero-order chi connectivity index (χ0) is 13.7. The molecule has 4 heteroatoms. The largest absolute Gasteiger partial charge is 0.462 e. The van der Waals surface area contributed by atoms with E-state index in [-0.39, 0.29) is 5.97 Å². The predicted molar refractivity (Wildman–Crippen MR) is 77.3 cm³/mol. The van der Waals surface area contributed by atoms with Gasteiger partial charge in [-0.1, -0.05) is 25.3 Å². The smallest absolute Gasteiger partial charge is 0.340 e. The average molecular weight is 262 g/mol. The summed E-state index contributed by atoms with van der Waals surface area (Å²) in [6, 6.07) is 5.43. The number of ether oxygens (including phenoxy) is 1. The van der Waals surface area contributed by atoms with Gasteiger partial charge in [0, 0.05) is 6.54 Å². The highest BCUT2D eigenvalue weighted by atomic mass is 16.5. The summed E-state index contributed by atoms with van der Waals surface area (Å²) in [6.07, 6.45) is 5.23. The maximum absolute atomic E-state index is 11.7. The summed E-state index contributed by atoms with van der Waals surface area (Å²) in [5, 5.41) is 3.32. The Kier molecular flexibility index (Phi) is 4.66. The molecule has 0 unspecified atom stereocenters. The third-order valence-corrected chi connectivity index (χ3v) is 3.69. The van der Waals surface area contributed by atoms with E-state index in [0.717, 1.165) is 18.2 Å². The first-order valence-electron chi connectivity index (χ1n) is 7.02. The maximum Gasteiger partial charge on any atom is 0.340 e. The van der Waals surface area contributed by atoms with Crippen LogP contribution in [0.5, 0.6) is 0 Å². The number of hydrogen-bond donors (Lipinski definition) is 2. The molecule has 1 fully saturated rings. The Hall–Kier alpha value is -1.71. The summed E-state index contributed by atoms with van der Waals surface area (Å²) < 4.78 is 4.99. The van der Waals surface area contributed by atoms with Crippen molar-refractivity contribution in [2.45, 2.75) is 32.6 Å². The second-order valence-corrected chi connectivity index (χ2v) is 5.00. The van der Waals surface area contributed by atoms with Gasteiger partial charge in [-0.3, -0.25) is 0 Å². The molecule has 19 heavy (non-hydrogen) atoms. The Labute approximate surface area is 114 Å². The van der Waals surface area contributed by atoms with Crippen molar-refractivity contribution >= 4 is 17.3 Å². The van der Waals surface area contributed by atoms with Gasteiger partial charge >= 0.3 is 5.97 Å². The van der Waals surface area contributed by atoms with Crippen LogP contribution in [0.3, 0.4) is 0 Å². The number of hydrogen-bond acceptors (Lipinski definition) is 4. The van der Waals surface area contributed by atoms with Gasteiger partial charge in [-0.2, -0.15) is 0 Å². The SMILES string of the molecule is CCOC(=O)c1cccc(NCCC2CCC2)c1N. The second kappa shape index (κ2) is 6.45. The zero-order valence-electron chi connectivity index (χ0n) is 11.4. The molecular formula is C15H22N2O2. The van der Waals surface area contributed by atoms with Gasteiger partial charge in [-0.05, 0) is 31.4 Å². The summed E-state index contributed by atoms with van der Waals surface area (Å²) in [7, 11) is 0. The van der Waals surface area contributed by atoms with Crippen molar-refractivity contribution in [3.8, 4) is 0 Å². The van der Waals surface area contributed by atoms with Gasteiger partial charge in [0.2, 0.25) is 0 Å². The number of benzene rings is 1. The van der Waals surface area contributed by atoms with Gasteiger partial charge < -0.3 is 15.8 Å². The van der Waals surface area contributed by atoms with Crippen molar-refractivity contribution in [1.29, 1.82) is 0 Å². The molecule has 0 bridgehead atoms. The highest BCUT2D eigenvalue weighted by Gasteiger charge is 2.17. The van der Waals surface area contributed by atoms with Crippen LogP contribution in [0.25, 0.3) is 0 Å². The van der Waals surface area contributed by atoms with Crippen molar-refractivity contribution in [2.75, 3.05) is 24.2 Å². The van der Waals surface area contributed by atoms with E-state index in [1.54, 1.807) is 13.0 Å². The Morgan fingerprint density at radius 2 is 2.26 bits per heavy atom. The normalized spacial score (nSPS) is 14.8. The molecule has 104 valence electrons. The molecule has 3 N–H and O–H groups in total. The molecule has 0 spiro atoms. The minimum absolute atomic E-state index is 0.359. The Balaban J connectivity index is 1.95. The van der Waals surface area contributed by atoms with Gasteiger partial charge in [-0.25, -0.2) is 4.79 Å². The van der Waals surface area contributed by atoms with E-state index < -0.39 is 0 Å². The van der Waals surface area contributed by atoms with Gasteiger partial charge in [0.1, 0.15) is 0 Å². The van der Waals surface area contributed by atoms with E-state index in [1.807, 2.05) is 12.1 Å². The number of anilines is 2. The first-order valence-corrected chi connectivity index (χ1v) is 7.02. The van der Waals surface area contributed by atoms with E-state index in [4.69, 9.17) is 10.5 Å². The first kappa shape index (κ1) is 13.7. The number of carbonyl (C=O) groups is 1. The van der Waals surface area contributed by atoms with Crippen LogP contribution in [0.4, 0.5) is 11.4 Å². The van der Waals surface area contributed by atoms with Crippen LogP contribution in [-0.2, 0) is 4.74 Å². The van der Waals surface area contributed by atoms with Crippen LogP contribution in [0.15, 0.2) is 18.2 Å². The maximum atomic E-state index is 11.7. The lowest BCUT2D eigenvalue weighted by atomic mass is 9.83. The van der Waals surface area contributed by atoms with Gasteiger partial charge in [0.25, 0.3) is 0 Å². The molecule has 0 saturated heterocycles. The molecule has 1 saturated carbocycles. The molecule has 0 amide bonds. The van der Waals surface area contributed by atoms with E-state index in [9.17, 15) is 4.79 Å². The Bertz CT molecular complexity index is 442. The number of nitrogens with two attached hydrogens (primary N) is 1. The highest BCUT2D eigenvalue weighted by molar-refractivity contribution is 5.98. The lowest BCUT2D eigenvalue weighted by Crippen LogP contribution is -2.16. The monoisotopic (exact) mass is 262 g/mol. The molecule has 1 aliphatic rings. The summed E-state index contributed by atoms with van der Waals surface area (Å²) in [5.74, 6) is 0.504. The minimum atomic E-state index is -0.359. The number of esters is 1. The van der Waals surface area contributed by atoms with Crippen LogP contribution in [0.1, 0.15) is 43.0 Å². The quantitative estimate of drug-likeness (QED) is 0.611. The third-order valence-electron chi connectivity index (χ3n) is 3.69. The van der Waals surface area contributed by atoms with E-state index in [2.05, 4.69) is 5.32 Å². The summed E-state index contributed by atoms with van der Waals surface area (Å²) in [6.45, 7) is 3.05. The third kappa shape index (κ3) is 3.40. The van der Waals surface area contributed by atoms with Gasteiger partial charge in [0.05, 0.1) is 23.5 Å². The van der Waals surface area contributed by atoms with Crippen LogP contribution in [0.2, 0.25) is 0 Å². The Morgan fingerprint density at radius 3 is 2.89 bits per heavy atom. The standard InChI is InChI=1S/C15H22N2O2/c1-2-19-15(18)12-7-4-8-13(14(12)16)17-10-9-11-5-3-6-11/h4,7-8,11,17H,2-3,5-6,9-10,16H2,1H3. The van der Waals surface area contributed by atoms with Crippen molar-refractivity contribution in [3.05, 3.63) is 23.8 Å². The van der Waals surface area contributed by atoms with Gasteiger partial charge in [0.15, 0.2) is 0 Å². The number of carbonyl (C=O) groups excluding carboxylic acids is 1. The fourth-order valence-electron chi connectivity index (χ4n) is 2.30. The number of para-hydroxylation sites is 1. The molecule has 0 aliphatic heterocycles. The first-order chi connectivity index (χ1) is 9.22. The predicted octanol–water partition coefficient (Wildman–Crippen LogP) is 3.05. The lowest BCUT2D eigenvalue weighted by molar-refractivity contribution is 0.0527. The molecule has 1 aromatic carbocycles. The molecule has 0 heterocycles. The second-order valence-electron chi connectivity index (χ2n) is 5.00. The van der Waals surface area contributed by atoms with Crippen molar-refractivity contribution in [1.82, 2.24) is 0 Å². The topological polar surface area (TPSA) is 64.3 Å². The van der Waals surface area contributed by atoms with Crippen molar-refractivity contribution in [3.63, 3.8) is 0 Å². The van der Waals surface area contributed by atoms with Crippen LogP contribution < -0.4 is 11.1 Å². The molecular weight excluding hydrogens is 240 g/mol. The molecule has 1 aromatic rings. The summed E-state index contributed by atoms with van der Waals surface area (Å²) in [4.78, 5) is 11.7. The van der Waals surface area contributed by atoms with Crippen molar-refractivity contribution in [2.24, 2.45) is 5.92 Å². The minimum Gasteiger partial charge on any atom is -0.462 e. The number of nitrogens with one attached hydrogen (secondary N) is 1. The van der Waals surface area contributed by atoms with Gasteiger partial charge in [-0.15, -0.1) is 0 Å². The fourth-order valence-corrected chi connectivity index (χ4v) is 2.30. The molecule has 2 rings (SSSR count). The molecule has 0 radical (unpaired) electrons. The molecule has 1 aliphatic carbocycles. The fraction of sp³-hybridized carbons (Fsp3) is 0.533. The van der Waals surface area contributed by atoms with Crippen LogP contribution in [-0.4, -0.2) is 19.1 Å². The number of rotatable bonds is 6. The summed E-state index contributed by atoms with van der Waals surface area (Å²) >= 11 is 0. The number of nitrogen functional groups attached to an aromatic ring is 1. The Morgan fingerprint density at radius 1 is 1.47 bits per heavy atom. The van der Waals surface area contributed by atoms with Crippen LogP contribution in [0, 0.1) is 5.92 Å². The molecule has 4 nitrogen and oxygen atoms in total. The van der Waals surface area contributed by atoms with Crippen molar-refractivity contribution < 1.29 is 9.53 Å². The molecule has 0 atom stereocenters. The lowest BCUT2D eigenvalue weighted by Gasteiger charge is -2.25. The zero-order valence-corrected chi connectivity index (χ0v) is 11.4. The average Bonchev–Trinajstić information content (AvgIpc) is 2.34. The van der Waals surface area contributed by atoms with Crippen LogP contribution >= 0.6 is 0 Å². The van der Waals surface area contributed by atoms with E-state index in [0.29, 0.717) is 17.9 Å². The highest BCUT2D eigenvalue weighted by Crippen LogP contribution is 2.30. The summed E-state index contributed by atoms with van der Waals surface area (Å²) in [5.41, 5.74) is 7.76.